The second-order valence-electron chi connectivity index (χ2n) is 6.25. The summed E-state index contributed by atoms with van der Waals surface area (Å²) < 4.78 is 29.5. The van der Waals surface area contributed by atoms with Crippen molar-refractivity contribution in [1.29, 1.82) is 0 Å². The summed E-state index contributed by atoms with van der Waals surface area (Å²) in [4.78, 5) is 4.76. The van der Waals surface area contributed by atoms with Crippen LogP contribution in [0.1, 0.15) is 18.3 Å². The van der Waals surface area contributed by atoms with E-state index in [0.29, 0.717) is 13.1 Å². The van der Waals surface area contributed by atoms with Gasteiger partial charge in [-0.3, -0.25) is 0 Å². The van der Waals surface area contributed by atoms with Crippen LogP contribution in [0.5, 0.6) is 0 Å². The molecule has 0 radical (unpaired) electrons. The van der Waals surface area contributed by atoms with Crippen molar-refractivity contribution in [3.8, 4) is 0 Å². The van der Waals surface area contributed by atoms with Crippen LogP contribution >= 0.6 is 11.6 Å². The van der Waals surface area contributed by atoms with Gasteiger partial charge in [0.05, 0.1) is 22.1 Å². The minimum Gasteiger partial charge on any atom is -0.324 e. The zero-order valence-electron chi connectivity index (χ0n) is 13.8. The summed E-state index contributed by atoms with van der Waals surface area (Å²) in [6.07, 6.45) is 0.755. The van der Waals surface area contributed by atoms with Gasteiger partial charge in [0.2, 0.25) is 10.0 Å². The molecule has 3 aromatic rings. The third-order valence-corrected chi connectivity index (χ3v) is 7.08. The number of halogens is 1. The smallest absolute Gasteiger partial charge is 0.244 e. The molecule has 1 aliphatic rings. The molecule has 0 saturated carbocycles. The molecular weight excluding hydrogens is 358 g/mol. The average Bonchev–Trinajstić information content (AvgIpc) is 3.18. The Morgan fingerprint density at radius 1 is 1.12 bits per heavy atom. The van der Waals surface area contributed by atoms with Crippen LogP contribution < -0.4 is 0 Å². The first-order valence-electron chi connectivity index (χ1n) is 8.17. The summed E-state index contributed by atoms with van der Waals surface area (Å²) in [5, 5.41) is 0.259. The second-order valence-corrected chi connectivity index (χ2v) is 8.57. The van der Waals surface area contributed by atoms with Crippen LogP contribution in [0.2, 0.25) is 5.02 Å². The van der Waals surface area contributed by atoms with E-state index in [2.05, 4.69) is 9.55 Å². The van der Waals surface area contributed by atoms with Crippen molar-refractivity contribution < 1.29 is 8.42 Å². The summed E-state index contributed by atoms with van der Waals surface area (Å²) in [6.45, 7) is 2.87. The molecule has 2 aromatic carbocycles. The van der Waals surface area contributed by atoms with Gasteiger partial charge < -0.3 is 4.57 Å². The molecule has 0 bridgehead atoms. The zero-order chi connectivity index (χ0) is 17.6. The number of fused-ring (bicyclic) bond motifs is 1. The molecule has 1 saturated heterocycles. The predicted molar refractivity (Wildman–Crippen MR) is 98.3 cm³/mol. The first-order chi connectivity index (χ1) is 12.0. The Kier molecular flexibility index (Phi) is 4.06. The van der Waals surface area contributed by atoms with Gasteiger partial charge in [-0.1, -0.05) is 35.9 Å². The van der Waals surface area contributed by atoms with Crippen LogP contribution in [0.4, 0.5) is 0 Å². The number of imidazole rings is 1. The van der Waals surface area contributed by atoms with Crippen LogP contribution in [0.3, 0.4) is 0 Å². The van der Waals surface area contributed by atoms with E-state index in [0.717, 1.165) is 23.3 Å². The van der Waals surface area contributed by atoms with E-state index in [1.165, 1.54) is 4.31 Å². The number of para-hydroxylation sites is 2. The third kappa shape index (κ3) is 2.74. The SMILES string of the molecule is Cc1nc2ccccc2n1[C@H]1CCN(S(=O)(=O)c2ccccc2Cl)C1. The lowest BCUT2D eigenvalue weighted by Gasteiger charge is -2.19. The van der Waals surface area contributed by atoms with Gasteiger partial charge in [-0.05, 0) is 37.6 Å². The van der Waals surface area contributed by atoms with Gasteiger partial charge in [-0.15, -0.1) is 0 Å². The van der Waals surface area contributed by atoms with Gasteiger partial charge in [0, 0.05) is 13.1 Å². The lowest BCUT2D eigenvalue weighted by molar-refractivity contribution is 0.452. The topological polar surface area (TPSA) is 55.2 Å². The fourth-order valence-electron chi connectivity index (χ4n) is 3.56. The number of sulfonamides is 1. The molecule has 1 fully saturated rings. The van der Waals surface area contributed by atoms with Gasteiger partial charge in [0.25, 0.3) is 0 Å². The van der Waals surface area contributed by atoms with E-state index < -0.39 is 10.0 Å². The van der Waals surface area contributed by atoms with E-state index in [1.54, 1.807) is 24.3 Å². The molecule has 1 aliphatic heterocycles. The van der Waals surface area contributed by atoms with Crippen molar-refractivity contribution >= 4 is 32.7 Å². The van der Waals surface area contributed by atoms with Crippen LogP contribution in [0.25, 0.3) is 11.0 Å². The molecular formula is C18H18ClN3O2S. The number of nitrogens with zero attached hydrogens (tertiary/aromatic N) is 3. The largest absolute Gasteiger partial charge is 0.324 e. The molecule has 7 heteroatoms. The summed E-state index contributed by atoms with van der Waals surface area (Å²) in [7, 11) is -3.59. The Balaban J connectivity index is 1.67. The minimum absolute atomic E-state index is 0.0738. The zero-order valence-corrected chi connectivity index (χ0v) is 15.3. The average molecular weight is 376 g/mol. The van der Waals surface area contributed by atoms with Crippen molar-refractivity contribution in [1.82, 2.24) is 13.9 Å². The summed E-state index contributed by atoms with van der Waals surface area (Å²) in [6, 6.07) is 14.6. The predicted octanol–water partition coefficient (Wildman–Crippen LogP) is 3.63. The Morgan fingerprint density at radius 3 is 2.64 bits per heavy atom. The molecule has 25 heavy (non-hydrogen) atoms. The molecule has 1 aromatic heterocycles. The van der Waals surface area contributed by atoms with E-state index in [1.807, 2.05) is 31.2 Å². The van der Waals surface area contributed by atoms with Crippen LogP contribution in [-0.4, -0.2) is 35.4 Å². The van der Waals surface area contributed by atoms with Gasteiger partial charge in [0.1, 0.15) is 10.7 Å². The van der Waals surface area contributed by atoms with E-state index >= 15 is 0 Å². The van der Waals surface area contributed by atoms with Crippen molar-refractivity contribution in [3.63, 3.8) is 0 Å². The number of hydrogen-bond acceptors (Lipinski definition) is 3. The van der Waals surface area contributed by atoms with Crippen molar-refractivity contribution in [2.45, 2.75) is 24.3 Å². The summed E-state index contributed by atoms with van der Waals surface area (Å²) in [5.74, 6) is 0.906. The Bertz CT molecular complexity index is 1050. The molecule has 5 nitrogen and oxygen atoms in total. The Morgan fingerprint density at radius 2 is 1.84 bits per heavy atom. The number of benzene rings is 2. The molecule has 0 N–H and O–H groups in total. The highest BCUT2D eigenvalue weighted by Gasteiger charge is 2.35. The molecule has 4 rings (SSSR count). The van der Waals surface area contributed by atoms with E-state index in [-0.39, 0.29) is 16.0 Å². The first kappa shape index (κ1) is 16.6. The highest BCUT2D eigenvalue weighted by molar-refractivity contribution is 7.89. The number of hydrogen-bond donors (Lipinski definition) is 0. The standard InChI is InChI=1S/C18H18ClN3O2S/c1-13-20-16-7-3-4-8-17(16)22(13)14-10-11-21(12-14)25(23,24)18-9-5-2-6-15(18)19/h2-9,14H,10-12H2,1H3/t14-/m0/s1. The van der Waals surface area contributed by atoms with Gasteiger partial charge in [-0.2, -0.15) is 4.31 Å². The lowest BCUT2D eigenvalue weighted by atomic mass is 10.2. The maximum Gasteiger partial charge on any atom is 0.244 e. The van der Waals surface area contributed by atoms with Crippen LogP contribution in [0.15, 0.2) is 53.4 Å². The maximum atomic E-state index is 12.9. The highest BCUT2D eigenvalue weighted by atomic mass is 35.5. The first-order valence-corrected chi connectivity index (χ1v) is 9.98. The maximum absolute atomic E-state index is 12.9. The van der Waals surface area contributed by atoms with E-state index in [9.17, 15) is 8.42 Å². The number of rotatable bonds is 3. The molecule has 0 aliphatic carbocycles. The molecule has 0 amide bonds. The van der Waals surface area contributed by atoms with Gasteiger partial charge in [-0.25, -0.2) is 13.4 Å². The van der Waals surface area contributed by atoms with Gasteiger partial charge in [0.15, 0.2) is 0 Å². The summed E-state index contributed by atoms with van der Waals surface area (Å²) in [5.41, 5.74) is 1.98. The fraction of sp³-hybridized carbons (Fsp3) is 0.278. The molecule has 130 valence electrons. The normalized spacial score (nSPS) is 18.9. The molecule has 0 spiro atoms. The number of aromatic nitrogens is 2. The van der Waals surface area contributed by atoms with Crippen molar-refractivity contribution in [3.05, 3.63) is 59.4 Å². The van der Waals surface area contributed by atoms with Gasteiger partial charge >= 0.3 is 0 Å². The van der Waals surface area contributed by atoms with Crippen LogP contribution in [-0.2, 0) is 10.0 Å². The summed E-state index contributed by atoms with van der Waals surface area (Å²) >= 11 is 6.11. The monoisotopic (exact) mass is 375 g/mol. The van der Waals surface area contributed by atoms with Crippen LogP contribution in [0, 0.1) is 6.92 Å². The second kappa shape index (κ2) is 6.12. The Hall–Kier alpha value is -1.89. The van der Waals surface area contributed by atoms with Crippen molar-refractivity contribution in [2.75, 3.05) is 13.1 Å². The van der Waals surface area contributed by atoms with Crippen molar-refractivity contribution in [2.24, 2.45) is 0 Å². The third-order valence-electron chi connectivity index (χ3n) is 4.72. The minimum atomic E-state index is -3.59. The van der Waals surface area contributed by atoms with E-state index in [4.69, 9.17) is 11.6 Å². The highest BCUT2D eigenvalue weighted by Crippen LogP contribution is 2.32. The molecule has 0 unspecified atom stereocenters. The Labute approximate surface area is 151 Å². The lowest BCUT2D eigenvalue weighted by Crippen LogP contribution is -2.29. The number of aryl methyl sites for hydroxylation is 1. The quantitative estimate of drug-likeness (QED) is 0.702. The molecule has 1 atom stereocenters. The fourth-order valence-corrected chi connectivity index (χ4v) is 5.54. The molecule has 2 heterocycles.